The minimum Gasteiger partial charge on any atom is -0.366 e. The van der Waals surface area contributed by atoms with E-state index in [4.69, 9.17) is 0 Å². The monoisotopic (exact) mass is 326 g/mol. The third-order valence-corrected chi connectivity index (χ3v) is 4.11. The summed E-state index contributed by atoms with van der Waals surface area (Å²) in [5.74, 6) is 1.13. The van der Waals surface area contributed by atoms with Crippen LogP contribution in [0.4, 0.5) is 21.8 Å². The fraction of sp³-hybridized carbons (Fsp3) is 0.294. The standard InChI is InChI=1S/C17H19FN6/c18-12-6-8-13(9-7-12)21-17-22-16-5-1-4-15(24(16)23-17)20-14-3-2-10-19-11-14/h1,4-9,14,19-20H,2-3,10-11H2,(H,21,23)/t14-/m0/s1. The van der Waals surface area contributed by atoms with E-state index < -0.39 is 0 Å². The fourth-order valence-electron chi connectivity index (χ4n) is 2.91. The van der Waals surface area contributed by atoms with Gasteiger partial charge in [0.2, 0.25) is 5.95 Å². The summed E-state index contributed by atoms with van der Waals surface area (Å²) in [5, 5.41) is 14.5. The molecule has 1 aliphatic rings. The van der Waals surface area contributed by atoms with Crippen LogP contribution < -0.4 is 16.0 Å². The Bertz CT molecular complexity index is 823. The van der Waals surface area contributed by atoms with E-state index in [2.05, 4.69) is 26.0 Å². The van der Waals surface area contributed by atoms with E-state index in [1.807, 2.05) is 18.2 Å². The summed E-state index contributed by atoms with van der Waals surface area (Å²) in [6.45, 7) is 2.03. The number of anilines is 3. The molecule has 0 radical (unpaired) electrons. The van der Waals surface area contributed by atoms with Gasteiger partial charge in [-0.2, -0.15) is 9.50 Å². The summed E-state index contributed by atoms with van der Waals surface area (Å²) in [5.41, 5.74) is 1.51. The molecule has 24 heavy (non-hydrogen) atoms. The summed E-state index contributed by atoms with van der Waals surface area (Å²) in [6.07, 6.45) is 2.31. The van der Waals surface area contributed by atoms with Crippen molar-refractivity contribution in [3.8, 4) is 0 Å². The molecular formula is C17H19FN6. The summed E-state index contributed by atoms with van der Waals surface area (Å²) in [4.78, 5) is 4.48. The van der Waals surface area contributed by atoms with E-state index in [-0.39, 0.29) is 5.82 Å². The second kappa shape index (κ2) is 6.45. The van der Waals surface area contributed by atoms with Crippen molar-refractivity contribution in [1.29, 1.82) is 0 Å². The van der Waals surface area contributed by atoms with Crippen LogP contribution in [0.1, 0.15) is 12.8 Å². The van der Waals surface area contributed by atoms with Crippen LogP contribution in [-0.4, -0.2) is 33.7 Å². The second-order valence-corrected chi connectivity index (χ2v) is 5.94. The number of fused-ring (bicyclic) bond motifs is 1. The number of piperidine rings is 1. The minimum absolute atomic E-state index is 0.268. The first-order valence-electron chi connectivity index (χ1n) is 8.13. The molecule has 0 bridgehead atoms. The molecule has 3 heterocycles. The molecule has 1 aromatic carbocycles. The van der Waals surface area contributed by atoms with Gasteiger partial charge in [-0.15, -0.1) is 5.10 Å². The normalized spacial score (nSPS) is 17.8. The highest BCUT2D eigenvalue weighted by atomic mass is 19.1. The Morgan fingerprint density at radius 1 is 1.17 bits per heavy atom. The Hall–Kier alpha value is -2.67. The molecule has 0 unspecified atom stereocenters. The predicted octanol–water partition coefficient (Wildman–Crippen LogP) is 2.78. The number of hydrogen-bond donors (Lipinski definition) is 3. The number of nitrogens with zero attached hydrogens (tertiary/aromatic N) is 3. The van der Waals surface area contributed by atoms with E-state index in [0.29, 0.717) is 12.0 Å². The Labute approximate surface area is 139 Å². The molecule has 3 N–H and O–H groups in total. The molecule has 1 aliphatic heterocycles. The van der Waals surface area contributed by atoms with Crippen LogP contribution in [-0.2, 0) is 0 Å². The van der Waals surface area contributed by atoms with Crippen molar-refractivity contribution in [3.05, 3.63) is 48.3 Å². The minimum atomic E-state index is -0.268. The molecule has 4 rings (SSSR count). The SMILES string of the molecule is Fc1ccc(Nc2nc3cccc(N[C@H]4CCCNC4)n3n2)cc1. The van der Waals surface area contributed by atoms with Crippen molar-refractivity contribution < 1.29 is 4.39 Å². The van der Waals surface area contributed by atoms with Crippen LogP contribution in [0.15, 0.2) is 42.5 Å². The maximum absolute atomic E-state index is 13.0. The molecule has 6 nitrogen and oxygen atoms in total. The molecule has 3 aromatic rings. The molecule has 0 saturated carbocycles. The van der Waals surface area contributed by atoms with E-state index in [1.54, 1.807) is 16.6 Å². The number of pyridine rings is 1. The van der Waals surface area contributed by atoms with Crippen LogP contribution in [0, 0.1) is 5.82 Å². The average Bonchev–Trinajstić information content (AvgIpc) is 3.01. The molecule has 1 atom stereocenters. The zero-order valence-corrected chi connectivity index (χ0v) is 13.2. The van der Waals surface area contributed by atoms with Crippen LogP contribution in [0.5, 0.6) is 0 Å². The van der Waals surface area contributed by atoms with Crippen molar-refractivity contribution in [3.63, 3.8) is 0 Å². The molecule has 0 amide bonds. The van der Waals surface area contributed by atoms with Gasteiger partial charge in [-0.05, 0) is 55.8 Å². The van der Waals surface area contributed by atoms with Gasteiger partial charge < -0.3 is 16.0 Å². The predicted molar refractivity (Wildman–Crippen MR) is 92.2 cm³/mol. The van der Waals surface area contributed by atoms with Gasteiger partial charge in [0.15, 0.2) is 5.65 Å². The lowest BCUT2D eigenvalue weighted by Crippen LogP contribution is -2.38. The number of nitrogens with one attached hydrogen (secondary N) is 3. The summed E-state index contributed by atoms with van der Waals surface area (Å²) in [6, 6.07) is 12.4. The van der Waals surface area contributed by atoms with Crippen LogP contribution in [0.25, 0.3) is 5.65 Å². The van der Waals surface area contributed by atoms with Gasteiger partial charge in [-0.3, -0.25) is 0 Å². The van der Waals surface area contributed by atoms with Crippen molar-refractivity contribution in [2.45, 2.75) is 18.9 Å². The Kier molecular flexibility index (Phi) is 4.00. The van der Waals surface area contributed by atoms with Gasteiger partial charge in [0.05, 0.1) is 0 Å². The number of rotatable bonds is 4. The topological polar surface area (TPSA) is 66.3 Å². The first-order valence-corrected chi connectivity index (χ1v) is 8.13. The summed E-state index contributed by atoms with van der Waals surface area (Å²) >= 11 is 0. The third-order valence-electron chi connectivity index (χ3n) is 4.11. The maximum Gasteiger partial charge on any atom is 0.247 e. The zero-order valence-electron chi connectivity index (χ0n) is 13.2. The first kappa shape index (κ1) is 14.9. The van der Waals surface area contributed by atoms with Crippen LogP contribution >= 0.6 is 0 Å². The van der Waals surface area contributed by atoms with Gasteiger partial charge in [0.1, 0.15) is 11.6 Å². The Morgan fingerprint density at radius 3 is 2.83 bits per heavy atom. The quantitative estimate of drug-likeness (QED) is 0.688. The molecule has 124 valence electrons. The van der Waals surface area contributed by atoms with Gasteiger partial charge in [-0.1, -0.05) is 6.07 Å². The zero-order chi connectivity index (χ0) is 16.4. The van der Waals surface area contributed by atoms with E-state index >= 15 is 0 Å². The molecule has 1 saturated heterocycles. The molecule has 1 fully saturated rings. The number of aromatic nitrogens is 3. The first-order chi connectivity index (χ1) is 11.8. The van der Waals surface area contributed by atoms with Crippen molar-refractivity contribution in [2.75, 3.05) is 23.7 Å². The van der Waals surface area contributed by atoms with Crippen molar-refractivity contribution in [2.24, 2.45) is 0 Å². The van der Waals surface area contributed by atoms with Crippen molar-refractivity contribution in [1.82, 2.24) is 19.9 Å². The molecule has 2 aromatic heterocycles. The molecular weight excluding hydrogens is 307 g/mol. The highest BCUT2D eigenvalue weighted by molar-refractivity contribution is 5.58. The van der Waals surface area contributed by atoms with E-state index in [1.165, 1.54) is 18.6 Å². The molecule has 0 aliphatic carbocycles. The Morgan fingerprint density at radius 2 is 2.04 bits per heavy atom. The lowest BCUT2D eigenvalue weighted by atomic mass is 10.1. The van der Waals surface area contributed by atoms with E-state index in [0.717, 1.165) is 36.7 Å². The van der Waals surface area contributed by atoms with Crippen molar-refractivity contribution >= 4 is 23.1 Å². The fourth-order valence-corrected chi connectivity index (χ4v) is 2.91. The Balaban J connectivity index is 1.57. The lowest BCUT2D eigenvalue weighted by molar-refractivity contribution is 0.478. The number of halogens is 1. The highest BCUT2D eigenvalue weighted by Gasteiger charge is 2.15. The summed E-state index contributed by atoms with van der Waals surface area (Å²) < 4.78 is 14.8. The molecule has 0 spiro atoms. The smallest absolute Gasteiger partial charge is 0.247 e. The van der Waals surface area contributed by atoms with Crippen LogP contribution in [0.2, 0.25) is 0 Å². The third kappa shape index (κ3) is 3.16. The maximum atomic E-state index is 13.0. The van der Waals surface area contributed by atoms with Crippen LogP contribution in [0.3, 0.4) is 0 Å². The number of benzene rings is 1. The second-order valence-electron chi connectivity index (χ2n) is 5.94. The number of hydrogen-bond acceptors (Lipinski definition) is 5. The van der Waals surface area contributed by atoms with E-state index in [9.17, 15) is 4.39 Å². The largest absolute Gasteiger partial charge is 0.366 e. The summed E-state index contributed by atoms with van der Waals surface area (Å²) in [7, 11) is 0. The average molecular weight is 326 g/mol. The van der Waals surface area contributed by atoms with Gasteiger partial charge in [0.25, 0.3) is 0 Å². The van der Waals surface area contributed by atoms with Gasteiger partial charge >= 0.3 is 0 Å². The lowest BCUT2D eigenvalue weighted by Gasteiger charge is -2.24. The highest BCUT2D eigenvalue weighted by Crippen LogP contribution is 2.18. The van der Waals surface area contributed by atoms with Gasteiger partial charge in [0, 0.05) is 18.3 Å². The molecule has 7 heteroatoms. The van der Waals surface area contributed by atoms with Gasteiger partial charge in [-0.25, -0.2) is 4.39 Å².